The number of aliphatic hydroxyl groups is 1. The number of aliphatic hydroxyl groups excluding tert-OH is 1. The lowest BCUT2D eigenvalue weighted by Crippen LogP contribution is -2.11. The van der Waals surface area contributed by atoms with Crippen LogP contribution in [0.3, 0.4) is 0 Å². The molecule has 0 saturated carbocycles. The highest BCUT2D eigenvalue weighted by atomic mass is 16.3. The summed E-state index contributed by atoms with van der Waals surface area (Å²) in [5.74, 6) is 0.140. The van der Waals surface area contributed by atoms with E-state index in [-0.39, 0.29) is 18.0 Å². The predicted octanol–water partition coefficient (Wildman–Crippen LogP) is 4.09. The molecule has 0 amide bonds. The summed E-state index contributed by atoms with van der Waals surface area (Å²) in [6.45, 7) is 2.17. The van der Waals surface area contributed by atoms with Gasteiger partial charge >= 0.3 is 0 Å². The van der Waals surface area contributed by atoms with Gasteiger partial charge in [0.25, 0.3) is 0 Å². The van der Waals surface area contributed by atoms with Gasteiger partial charge in [-0.25, -0.2) is 0 Å². The van der Waals surface area contributed by atoms with E-state index in [9.17, 15) is 9.90 Å². The number of aromatic hydroxyl groups is 1. The molecule has 0 saturated heterocycles. The minimum absolute atomic E-state index is 0.0656. The Morgan fingerprint density at radius 1 is 1.14 bits per heavy atom. The number of phenols is 1. The van der Waals surface area contributed by atoms with E-state index in [1.54, 1.807) is 30.3 Å². The van der Waals surface area contributed by atoms with Crippen LogP contribution in [-0.2, 0) is 4.79 Å². The number of unbranched alkanes of at least 4 members (excludes halogenated alkanes) is 4. The second-order valence-electron chi connectivity index (χ2n) is 5.45. The van der Waals surface area contributed by atoms with Gasteiger partial charge in [-0.05, 0) is 30.2 Å². The largest absolute Gasteiger partial charge is 0.508 e. The van der Waals surface area contributed by atoms with Crippen LogP contribution in [0, 0.1) is 0 Å². The average molecular weight is 290 g/mol. The van der Waals surface area contributed by atoms with Gasteiger partial charge in [-0.2, -0.15) is 0 Å². The molecule has 0 radical (unpaired) electrons. The lowest BCUT2D eigenvalue weighted by molar-refractivity contribution is -0.116. The lowest BCUT2D eigenvalue weighted by Gasteiger charge is -2.08. The molecule has 3 nitrogen and oxygen atoms in total. The Morgan fingerprint density at radius 3 is 2.48 bits per heavy atom. The molecule has 0 aliphatic heterocycles. The Hall–Kier alpha value is -1.61. The van der Waals surface area contributed by atoms with Gasteiger partial charge in [0, 0.05) is 6.42 Å². The van der Waals surface area contributed by atoms with Crippen molar-refractivity contribution >= 4 is 11.9 Å². The lowest BCUT2D eigenvalue weighted by atomic mass is 10.0. The van der Waals surface area contributed by atoms with Gasteiger partial charge < -0.3 is 10.2 Å². The summed E-state index contributed by atoms with van der Waals surface area (Å²) >= 11 is 0. The maximum atomic E-state index is 11.7. The second kappa shape index (κ2) is 10.2. The van der Waals surface area contributed by atoms with Gasteiger partial charge in [-0.15, -0.1) is 0 Å². The SMILES string of the molecule is CCCCCCCC(O)CC(=O)C=Cc1ccc(O)cc1. The van der Waals surface area contributed by atoms with Crippen LogP contribution in [0.15, 0.2) is 30.3 Å². The monoisotopic (exact) mass is 290 g/mol. The molecule has 0 heterocycles. The summed E-state index contributed by atoms with van der Waals surface area (Å²) in [4.78, 5) is 11.7. The van der Waals surface area contributed by atoms with Crippen molar-refractivity contribution in [2.75, 3.05) is 0 Å². The van der Waals surface area contributed by atoms with Gasteiger partial charge in [-0.1, -0.05) is 57.2 Å². The first-order valence-corrected chi connectivity index (χ1v) is 7.80. The highest BCUT2D eigenvalue weighted by molar-refractivity contribution is 5.93. The van der Waals surface area contributed by atoms with Crippen LogP contribution in [0.4, 0.5) is 0 Å². The number of hydrogen-bond acceptors (Lipinski definition) is 3. The quantitative estimate of drug-likeness (QED) is 0.504. The van der Waals surface area contributed by atoms with Crippen molar-refractivity contribution in [3.8, 4) is 5.75 Å². The molecule has 3 heteroatoms. The number of hydrogen-bond donors (Lipinski definition) is 2. The van der Waals surface area contributed by atoms with E-state index in [0.717, 1.165) is 18.4 Å². The molecule has 0 bridgehead atoms. The molecular formula is C18H26O3. The first kappa shape index (κ1) is 17.4. The normalized spacial score (nSPS) is 12.7. The Balaban J connectivity index is 2.24. The number of carbonyl (C=O) groups excluding carboxylic acids is 1. The zero-order valence-electron chi connectivity index (χ0n) is 12.8. The zero-order chi connectivity index (χ0) is 15.5. The van der Waals surface area contributed by atoms with Gasteiger partial charge in [0.1, 0.15) is 5.75 Å². The molecule has 0 aliphatic carbocycles. The van der Waals surface area contributed by atoms with E-state index >= 15 is 0 Å². The summed E-state index contributed by atoms with van der Waals surface area (Å²) in [6, 6.07) is 6.64. The van der Waals surface area contributed by atoms with Crippen LogP contribution in [-0.4, -0.2) is 22.1 Å². The van der Waals surface area contributed by atoms with Crippen LogP contribution in [0.1, 0.15) is 57.4 Å². The van der Waals surface area contributed by atoms with Gasteiger partial charge in [0.15, 0.2) is 5.78 Å². The molecule has 0 aliphatic rings. The molecule has 0 fully saturated rings. The summed E-state index contributed by atoms with van der Waals surface area (Å²) in [5.41, 5.74) is 0.857. The maximum Gasteiger partial charge on any atom is 0.158 e. The van der Waals surface area contributed by atoms with Crippen molar-refractivity contribution in [2.24, 2.45) is 0 Å². The third-order valence-electron chi connectivity index (χ3n) is 3.43. The molecule has 1 aromatic rings. The number of phenolic OH excluding ortho intramolecular Hbond substituents is 1. The highest BCUT2D eigenvalue weighted by Crippen LogP contribution is 2.12. The molecule has 1 atom stereocenters. The third-order valence-corrected chi connectivity index (χ3v) is 3.43. The number of rotatable bonds is 10. The highest BCUT2D eigenvalue weighted by Gasteiger charge is 2.08. The molecule has 116 valence electrons. The van der Waals surface area contributed by atoms with Crippen molar-refractivity contribution < 1.29 is 15.0 Å². The van der Waals surface area contributed by atoms with E-state index in [1.807, 2.05) is 0 Å². The molecule has 0 aromatic heterocycles. The van der Waals surface area contributed by atoms with Gasteiger partial charge in [-0.3, -0.25) is 4.79 Å². The Bertz CT molecular complexity index is 434. The molecule has 1 unspecified atom stereocenters. The topological polar surface area (TPSA) is 57.5 Å². The molecular weight excluding hydrogens is 264 g/mol. The molecule has 1 rings (SSSR count). The molecule has 21 heavy (non-hydrogen) atoms. The van der Waals surface area contributed by atoms with Crippen LogP contribution in [0.25, 0.3) is 6.08 Å². The van der Waals surface area contributed by atoms with E-state index in [4.69, 9.17) is 5.11 Å². The molecule has 1 aromatic carbocycles. The number of allylic oxidation sites excluding steroid dienone is 1. The van der Waals surface area contributed by atoms with Crippen molar-refractivity contribution in [2.45, 2.75) is 58.0 Å². The first-order chi connectivity index (χ1) is 10.1. The second-order valence-corrected chi connectivity index (χ2v) is 5.45. The standard InChI is InChI=1S/C18H26O3/c1-2-3-4-5-6-7-17(20)14-18(21)13-10-15-8-11-16(19)12-9-15/h8-13,17,19-20H,2-7,14H2,1H3. The van der Waals surface area contributed by atoms with Gasteiger partial charge in [0.2, 0.25) is 0 Å². The summed E-state index contributed by atoms with van der Waals surface area (Å²) < 4.78 is 0. The van der Waals surface area contributed by atoms with Crippen LogP contribution in [0.5, 0.6) is 5.75 Å². The maximum absolute atomic E-state index is 11.7. The van der Waals surface area contributed by atoms with Crippen molar-refractivity contribution in [1.82, 2.24) is 0 Å². The van der Waals surface area contributed by atoms with Crippen molar-refractivity contribution in [3.05, 3.63) is 35.9 Å². The van der Waals surface area contributed by atoms with Crippen LogP contribution >= 0.6 is 0 Å². The Morgan fingerprint density at radius 2 is 1.81 bits per heavy atom. The minimum Gasteiger partial charge on any atom is -0.508 e. The average Bonchev–Trinajstić information content (AvgIpc) is 2.46. The smallest absolute Gasteiger partial charge is 0.158 e. The van der Waals surface area contributed by atoms with E-state index in [2.05, 4.69) is 6.92 Å². The van der Waals surface area contributed by atoms with Crippen LogP contribution in [0.2, 0.25) is 0 Å². The van der Waals surface area contributed by atoms with E-state index in [0.29, 0.717) is 6.42 Å². The number of carbonyl (C=O) groups is 1. The summed E-state index contributed by atoms with van der Waals surface area (Å²) in [5, 5.41) is 19.0. The van der Waals surface area contributed by atoms with Gasteiger partial charge in [0.05, 0.1) is 6.10 Å². The molecule has 2 N–H and O–H groups in total. The fraction of sp³-hybridized carbons (Fsp3) is 0.500. The third kappa shape index (κ3) is 8.30. The van der Waals surface area contributed by atoms with E-state index in [1.165, 1.54) is 25.3 Å². The Labute approximate surface area is 127 Å². The predicted molar refractivity (Wildman–Crippen MR) is 86.1 cm³/mol. The summed E-state index contributed by atoms with van der Waals surface area (Å²) in [7, 11) is 0. The van der Waals surface area contributed by atoms with Crippen molar-refractivity contribution in [3.63, 3.8) is 0 Å². The van der Waals surface area contributed by atoms with E-state index < -0.39 is 6.10 Å². The Kier molecular flexibility index (Phi) is 8.44. The minimum atomic E-state index is -0.538. The molecule has 0 spiro atoms. The summed E-state index contributed by atoms with van der Waals surface area (Å²) in [6.07, 6.45) is 9.31. The number of benzene rings is 1. The zero-order valence-corrected chi connectivity index (χ0v) is 12.8. The number of ketones is 1. The first-order valence-electron chi connectivity index (χ1n) is 7.80. The fourth-order valence-electron chi connectivity index (χ4n) is 2.16. The van der Waals surface area contributed by atoms with Crippen molar-refractivity contribution in [1.29, 1.82) is 0 Å². The van der Waals surface area contributed by atoms with Crippen LogP contribution < -0.4 is 0 Å². The fourth-order valence-corrected chi connectivity index (χ4v) is 2.16.